The van der Waals surface area contributed by atoms with E-state index in [4.69, 9.17) is 21.3 Å². The molecule has 5 nitrogen and oxygen atoms in total. The lowest BCUT2D eigenvalue weighted by Crippen LogP contribution is -2.24. The minimum Gasteiger partial charge on any atom is -0.481 e. The third kappa shape index (κ3) is 7.61. The number of hydrogen-bond donors (Lipinski definition) is 1. The van der Waals surface area contributed by atoms with E-state index in [0.717, 1.165) is 38.9 Å². The molecule has 0 spiro atoms. The number of carboxylic acids is 1. The molecule has 0 saturated carbocycles. The quantitative estimate of drug-likeness (QED) is 0.150. The third-order valence-corrected chi connectivity index (χ3v) is 9.11. The number of para-hydroxylation sites is 1. The van der Waals surface area contributed by atoms with E-state index in [2.05, 4.69) is 67.8 Å². The van der Waals surface area contributed by atoms with Crippen molar-refractivity contribution in [1.82, 2.24) is 9.55 Å². The first-order valence-electron chi connectivity index (χ1n) is 14.6. The van der Waals surface area contributed by atoms with Crippen molar-refractivity contribution in [2.24, 2.45) is 5.41 Å². The number of nitrogens with zero attached hydrogens (tertiary/aromatic N) is 2. The minimum atomic E-state index is -0.832. The van der Waals surface area contributed by atoms with Gasteiger partial charge in [0.15, 0.2) is 0 Å². The van der Waals surface area contributed by atoms with Gasteiger partial charge in [0.05, 0.1) is 29.8 Å². The van der Waals surface area contributed by atoms with Gasteiger partial charge in [0, 0.05) is 43.2 Å². The van der Waals surface area contributed by atoms with E-state index in [1.165, 1.54) is 10.3 Å². The fourth-order valence-corrected chi connectivity index (χ4v) is 6.48. The molecule has 224 valence electrons. The van der Waals surface area contributed by atoms with Crippen LogP contribution in [0.1, 0.15) is 63.6 Å². The second-order valence-corrected chi connectivity index (χ2v) is 15.0. The van der Waals surface area contributed by atoms with Gasteiger partial charge in [-0.3, -0.25) is 9.78 Å². The van der Waals surface area contributed by atoms with Crippen molar-refractivity contribution in [1.29, 1.82) is 0 Å². The van der Waals surface area contributed by atoms with E-state index in [1.807, 2.05) is 48.2 Å². The first-order chi connectivity index (χ1) is 20.4. The number of pyridine rings is 1. The largest absolute Gasteiger partial charge is 0.481 e. The molecule has 0 atom stereocenters. The Labute approximate surface area is 263 Å². The molecule has 0 aliphatic carbocycles. The van der Waals surface area contributed by atoms with Crippen molar-refractivity contribution < 1.29 is 14.6 Å². The number of carboxylic acid groups (broad SMARTS) is 1. The summed E-state index contributed by atoms with van der Waals surface area (Å²) in [5.41, 5.74) is 5.56. The van der Waals surface area contributed by atoms with Crippen molar-refractivity contribution in [3.63, 3.8) is 0 Å². The molecule has 0 bridgehead atoms. The molecule has 2 aromatic heterocycles. The highest BCUT2D eigenvalue weighted by Gasteiger charge is 2.29. The zero-order chi connectivity index (χ0) is 30.8. The van der Waals surface area contributed by atoms with Crippen LogP contribution >= 0.6 is 23.4 Å². The number of hydrogen-bond acceptors (Lipinski definition) is 4. The molecule has 2 heterocycles. The average Bonchev–Trinajstić information content (AvgIpc) is 3.23. The summed E-state index contributed by atoms with van der Waals surface area (Å²) in [6.07, 6.45) is 1.19. The zero-order valence-corrected chi connectivity index (χ0v) is 27.1. The highest BCUT2D eigenvalue weighted by atomic mass is 35.5. The molecule has 0 aliphatic heterocycles. The second-order valence-electron chi connectivity index (χ2n) is 12.7. The number of fused-ring (bicyclic) bond motifs is 2. The summed E-state index contributed by atoms with van der Waals surface area (Å²) in [4.78, 5) is 18.0. The fourth-order valence-electron chi connectivity index (χ4n) is 5.14. The normalized spacial score (nSPS) is 12.3. The van der Waals surface area contributed by atoms with Gasteiger partial charge in [0.2, 0.25) is 0 Å². The lowest BCUT2D eigenvalue weighted by atomic mass is 9.87. The molecule has 1 N–H and O–H groups in total. The van der Waals surface area contributed by atoms with Gasteiger partial charge >= 0.3 is 5.97 Å². The molecule has 0 radical (unpaired) electrons. The Kier molecular flexibility index (Phi) is 9.21. The summed E-state index contributed by atoms with van der Waals surface area (Å²) in [7, 11) is 0. The average molecular weight is 615 g/mol. The van der Waals surface area contributed by atoms with Gasteiger partial charge < -0.3 is 14.4 Å². The first kappa shape index (κ1) is 31.1. The maximum Gasteiger partial charge on any atom is 0.309 e. The SMILES string of the molecule is CC(C)(C)Sc1c(CCC(C)(C)C(=O)O)n(Cc2ccc(Cl)cc2)c2ccc(COCc3ccc4ccccc4n3)cc12. The highest BCUT2D eigenvalue weighted by molar-refractivity contribution is 8.00. The van der Waals surface area contributed by atoms with E-state index in [-0.39, 0.29) is 4.75 Å². The maximum atomic E-state index is 12.0. The number of carbonyl (C=O) groups is 1. The van der Waals surface area contributed by atoms with Crippen LogP contribution in [0.2, 0.25) is 5.02 Å². The van der Waals surface area contributed by atoms with Crippen molar-refractivity contribution in [3.8, 4) is 0 Å². The van der Waals surface area contributed by atoms with E-state index in [1.54, 1.807) is 13.8 Å². The van der Waals surface area contributed by atoms with Crippen LogP contribution in [0.3, 0.4) is 0 Å². The number of halogens is 1. The zero-order valence-electron chi connectivity index (χ0n) is 25.5. The van der Waals surface area contributed by atoms with Gasteiger partial charge in [0.1, 0.15) is 0 Å². The smallest absolute Gasteiger partial charge is 0.309 e. The van der Waals surface area contributed by atoms with Crippen LogP contribution in [0.25, 0.3) is 21.8 Å². The molecule has 43 heavy (non-hydrogen) atoms. The number of benzene rings is 3. The van der Waals surface area contributed by atoms with Crippen molar-refractivity contribution in [2.75, 3.05) is 0 Å². The maximum absolute atomic E-state index is 12.0. The Bertz CT molecular complexity index is 1750. The molecule has 0 saturated heterocycles. The van der Waals surface area contributed by atoms with Crippen LogP contribution in [0, 0.1) is 5.41 Å². The Morgan fingerprint density at radius 1 is 0.930 bits per heavy atom. The minimum absolute atomic E-state index is 0.0370. The first-order valence-corrected chi connectivity index (χ1v) is 15.8. The predicted octanol–water partition coefficient (Wildman–Crippen LogP) is 9.54. The fraction of sp³-hybridized carbons (Fsp3) is 0.333. The lowest BCUT2D eigenvalue weighted by molar-refractivity contribution is -0.147. The molecule has 0 aliphatic rings. The monoisotopic (exact) mass is 614 g/mol. The molecule has 0 amide bonds. The van der Waals surface area contributed by atoms with E-state index in [9.17, 15) is 9.90 Å². The Balaban J connectivity index is 1.49. The lowest BCUT2D eigenvalue weighted by Gasteiger charge is -2.22. The van der Waals surface area contributed by atoms with Gasteiger partial charge in [0.25, 0.3) is 0 Å². The number of aliphatic carboxylic acids is 1. The molecule has 0 fully saturated rings. The summed E-state index contributed by atoms with van der Waals surface area (Å²) in [6.45, 7) is 11.8. The van der Waals surface area contributed by atoms with Gasteiger partial charge in [-0.2, -0.15) is 0 Å². The molecule has 5 aromatic rings. The summed E-state index contributed by atoms with van der Waals surface area (Å²) < 4.78 is 8.47. The van der Waals surface area contributed by atoms with Crippen molar-refractivity contribution in [3.05, 3.63) is 106 Å². The third-order valence-electron chi connectivity index (χ3n) is 7.59. The summed E-state index contributed by atoms with van der Waals surface area (Å²) >= 11 is 8.03. The Morgan fingerprint density at radius 3 is 2.37 bits per heavy atom. The topological polar surface area (TPSA) is 64.3 Å². The van der Waals surface area contributed by atoms with Crippen LogP contribution in [-0.4, -0.2) is 25.4 Å². The summed E-state index contributed by atoms with van der Waals surface area (Å²) in [6, 6.07) is 26.7. The standard InChI is InChI=1S/C36H39ClN2O3S/c1-35(2,3)43-33-29-20-25(22-42-23-28-16-13-26-8-6-7-9-30(26)38-28)12-17-31(29)39(21-24-10-14-27(37)15-11-24)32(33)18-19-36(4,5)34(40)41/h6-17,20H,18-19,21-23H2,1-5H3,(H,40,41). The second kappa shape index (κ2) is 12.7. The summed E-state index contributed by atoms with van der Waals surface area (Å²) in [5, 5.41) is 12.8. The molecule has 0 unspecified atom stereocenters. The van der Waals surface area contributed by atoms with Crippen LogP contribution in [0.4, 0.5) is 0 Å². The highest BCUT2D eigenvalue weighted by Crippen LogP contribution is 2.43. The van der Waals surface area contributed by atoms with Crippen molar-refractivity contribution >= 4 is 51.1 Å². The van der Waals surface area contributed by atoms with Gasteiger partial charge in [-0.25, -0.2) is 0 Å². The molecule has 3 aromatic carbocycles. The number of rotatable bonds is 11. The van der Waals surface area contributed by atoms with Crippen LogP contribution in [0.15, 0.2) is 83.8 Å². The molecular weight excluding hydrogens is 576 g/mol. The number of thioether (sulfide) groups is 1. The Hall–Kier alpha value is -3.32. The molecular formula is C36H39ClN2O3S. The number of aromatic nitrogens is 2. The summed E-state index contributed by atoms with van der Waals surface area (Å²) in [5.74, 6) is -0.779. The predicted molar refractivity (Wildman–Crippen MR) is 178 cm³/mol. The van der Waals surface area contributed by atoms with E-state index >= 15 is 0 Å². The van der Waals surface area contributed by atoms with Crippen molar-refractivity contribution in [2.45, 2.75) is 76.9 Å². The molecule has 5 rings (SSSR count). The van der Waals surface area contributed by atoms with Gasteiger partial charge in [-0.1, -0.05) is 74.8 Å². The number of ether oxygens (including phenoxy) is 1. The van der Waals surface area contributed by atoms with Gasteiger partial charge in [-0.15, -0.1) is 11.8 Å². The van der Waals surface area contributed by atoms with Crippen LogP contribution in [-0.2, 0) is 35.7 Å². The molecule has 7 heteroatoms. The van der Waals surface area contributed by atoms with E-state index in [0.29, 0.717) is 37.6 Å². The van der Waals surface area contributed by atoms with Crippen LogP contribution < -0.4 is 0 Å². The Morgan fingerprint density at radius 2 is 1.65 bits per heavy atom. The van der Waals surface area contributed by atoms with E-state index < -0.39 is 11.4 Å². The van der Waals surface area contributed by atoms with Crippen LogP contribution in [0.5, 0.6) is 0 Å². The van der Waals surface area contributed by atoms with Gasteiger partial charge in [-0.05, 0) is 74.2 Å².